The fraction of sp³-hybridized carbons (Fsp3) is 0.100. The summed E-state index contributed by atoms with van der Waals surface area (Å²) in [5.41, 5.74) is 8.90. The lowest BCUT2D eigenvalue weighted by Gasteiger charge is -2.27. The first-order chi connectivity index (χ1) is 22.7. The van der Waals surface area contributed by atoms with Crippen molar-refractivity contribution in [1.82, 2.24) is 0 Å². The van der Waals surface area contributed by atoms with Gasteiger partial charge in [-0.3, -0.25) is 0 Å². The van der Waals surface area contributed by atoms with Crippen molar-refractivity contribution < 1.29 is 35.4 Å². The van der Waals surface area contributed by atoms with Crippen molar-refractivity contribution >= 4 is 0 Å². The lowest BCUT2D eigenvalue weighted by atomic mass is 9.85. The minimum absolute atomic E-state index is 0.0219. The molecule has 236 valence electrons. The maximum absolute atomic E-state index is 9.86. The molecule has 7 heteroatoms. The van der Waals surface area contributed by atoms with E-state index in [0.717, 1.165) is 57.3 Å². The third kappa shape index (κ3) is 6.79. The van der Waals surface area contributed by atoms with Gasteiger partial charge < -0.3 is 35.4 Å². The van der Waals surface area contributed by atoms with Crippen LogP contribution >= 0.6 is 0 Å². The third-order valence-corrected chi connectivity index (χ3v) is 8.26. The fourth-order valence-corrected chi connectivity index (χ4v) is 5.90. The minimum atomic E-state index is -0.269. The van der Waals surface area contributed by atoms with E-state index in [1.807, 2.05) is 42.5 Å². The number of hydrogen-bond acceptors (Lipinski definition) is 7. The molecule has 1 heterocycles. The Balaban J connectivity index is 0.000000177. The van der Waals surface area contributed by atoms with Gasteiger partial charge in [0.15, 0.2) is 0 Å². The molecular formula is C40H34O7. The molecule has 0 saturated carbocycles. The van der Waals surface area contributed by atoms with Crippen LogP contribution in [-0.4, -0.2) is 30.6 Å². The zero-order valence-electron chi connectivity index (χ0n) is 25.6. The second-order valence-corrected chi connectivity index (χ2v) is 11.5. The Morgan fingerprint density at radius 2 is 1.02 bits per heavy atom. The molecule has 0 aromatic heterocycles. The molecule has 0 spiro atoms. The molecular weight excluding hydrogens is 592 g/mol. The van der Waals surface area contributed by atoms with Crippen molar-refractivity contribution in [1.29, 1.82) is 0 Å². The van der Waals surface area contributed by atoms with E-state index in [1.165, 1.54) is 12.1 Å². The first-order valence-corrected chi connectivity index (χ1v) is 15.2. The highest BCUT2D eigenvalue weighted by molar-refractivity contribution is 5.96. The molecule has 0 aliphatic carbocycles. The number of rotatable bonds is 4. The Labute approximate surface area is 272 Å². The SMILES string of the molecule is Cc1ccc(-c2ccc(O)cc2)c(-c2ccc(O)cc2)c1-c1ccc(O)cc1.Oc1ccc(C2CCc3ccc(O)cc3O2)c(O)c1. The molecule has 1 aliphatic rings. The summed E-state index contributed by atoms with van der Waals surface area (Å²) in [6.07, 6.45) is 1.30. The highest BCUT2D eigenvalue weighted by Crippen LogP contribution is 2.43. The largest absolute Gasteiger partial charge is 0.508 e. The quantitative estimate of drug-likeness (QED) is 0.115. The van der Waals surface area contributed by atoms with E-state index in [9.17, 15) is 30.6 Å². The van der Waals surface area contributed by atoms with Gasteiger partial charge in [0.2, 0.25) is 0 Å². The Morgan fingerprint density at radius 3 is 1.62 bits per heavy atom. The molecule has 6 aromatic rings. The molecule has 7 nitrogen and oxygen atoms in total. The van der Waals surface area contributed by atoms with Crippen molar-refractivity contribution in [2.45, 2.75) is 25.9 Å². The Kier molecular flexibility index (Phi) is 8.62. The van der Waals surface area contributed by atoms with Crippen LogP contribution in [0.5, 0.6) is 40.2 Å². The number of phenolic OH excluding ortho intramolecular Hbond substituents is 6. The molecule has 0 amide bonds. The third-order valence-electron chi connectivity index (χ3n) is 8.26. The molecule has 6 N–H and O–H groups in total. The van der Waals surface area contributed by atoms with Gasteiger partial charge in [0.25, 0.3) is 0 Å². The summed E-state index contributed by atoms with van der Waals surface area (Å²) >= 11 is 0. The number of aryl methyl sites for hydroxylation is 2. The standard InChI is InChI=1S/C25H20O3.C15H14O4/c1-16-2-15-23(17-3-9-20(26)10-4-17)25(19-7-13-22(28)14-8-19)24(16)18-5-11-21(27)12-6-18;16-10-4-5-12(13(18)7-10)14-6-2-9-1-3-11(17)8-15(9)19-14/h2-15,26-28H,1H3;1,3-5,7-8,14,16-18H,2,6H2. The van der Waals surface area contributed by atoms with Crippen LogP contribution in [0, 0.1) is 6.92 Å². The lowest BCUT2D eigenvalue weighted by Crippen LogP contribution is -2.15. The van der Waals surface area contributed by atoms with Gasteiger partial charge in [-0.05, 0) is 119 Å². The van der Waals surface area contributed by atoms with Crippen LogP contribution in [-0.2, 0) is 6.42 Å². The number of aromatic hydroxyl groups is 6. The van der Waals surface area contributed by atoms with Gasteiger partial charge >= 0.3 is 0 Å². The van der Waals surface area contributed by atoms with E-state index >= 15 is 0 Å². The Bertz CT molecular complexity index is 2020. The van der Waals surface area contributed by atoms with E-state index in [1.54, 1.807) is 54.6 Å². The second kappa shape index (κ2) is 13.1. The second-order valence-electron chi connectivity index (χ2n) is 11.5. The number of fused-ring (bicyclic) bond motifs is 1. The summed E-state index contributed by atoms with van der Waals surface area (Å²) in [4.78, 5) is 0. The van der Waals surface area contributed by atoms with Gasteiger partial charge in [0.05, 0.1) is 0 Å². The molecule has 1 atom stereocenters. The predicted molar refractivity (Wildman–Crippen MR) is 182 cm³/mol. The minimum Gasteiger partial charge on any atom is -0.508 e. The zero-order valence-corrected chi connectivity index (χ0v) is 25.6. The number of hydrogen-bond donors (Lipinski definition) is 6. The lowest BCUT2D eigenvalue weighted by molar-refractivity contribution is 0.172. The van der Waals surface area contributed by atoms with Crippen LogP contribution in [0.2, 0.25) is 0 Å². The smallest absolute Gasteiger partial charge is 0.128 e. The molecule has 1 aliphatic heterocycles. The van der Waals surface area contributed by atoms with Gasteiger partial charge in [0.1, 0.15) is 46.4 Å². The van der Waals surface area contributed by atoms with E-state index in [2.05, 4.69) is 19.1 Å². The Hall–Kier alpha value is -6.08. The molecule has 0 fully saturated rings. The van der Waals surface area contributed by atoms with Gasteiger partial charge in [-0.25, -0.2) is 0 Å². The van der Waals surface area contributed by atoms with Crippen LogP contribution in [0.1, 0.15) is 29.2 Å². The van der Waals surface area contributed by atoms with Crippen LogP contribution in [0.15, 0.2) is 121 Å². The highest BCUT2D eigenvalue weighted by atomic mass is 16.5. The van der Waals surface area contributed by atoms with Crippen molar-refractivity contribution in [3.05, 3.63) is 138 Å². The first-order valence-electron chi connectivity index (χ1n) is 15.2. The Morgan fingerprint density at radius 1 is 0.511 bits per heavy atom. The van der Waals surface area contributed by atoms with Gasteiger partial charge in [-0.15, -0.1) is 0 Å². The number of phenols is 6. The fourth-order valence-electron chi connectivity index (χ4n) is 5.90. The summed E-state index contributed by atoms with van der Waals surface area (Å²) < 4.78 is 5.82. The number of benzene rings is 6. The molecule has 7 rings (SSSR count). The molecule has 0 saturated heterocycles. The summed E-state index contributed by atoms with van der Waals surface area (Å²) in [6.45, 7) is 2.06. The van der Waals surface area contributed by atoms with E-state index < -0.39 is 0 Å². The topological polar surface area (TPSA) is 131 Å². The summed E-state index contributed by atoms with van der Waals surface area (Å²) in [5.74, 6) is 1.51. The molecule has 0 bridgehead atoms. The summed E-state index contributed by atoms with van der Waals surface area (Å²) in [7, 11) is 0. The van der Waals surface area contributed by atoms with E-state index in [4.69, 9.17) is 4.74 Å². The molecule has 0 radical (unpaired) electrons. The van der Waals surface area contributed by atoms with Gasteiger partial charge in [-0.1, -0.05) is 54.6 Å². The van der Waals surface area contributed by atoms with Crippen LogP contribution in [0.25, 0.3) is 33.4 Å². The van der Waals surface area contributed by atoms with Crippen molar-refractivity contribution in [3.63, 3.8) is 0 Å². The maximum Gasteiger partial charge on any atom is 0.128 e. The average Bonchev–Trinajstić information content (AvgIpc) is 3.06. The maximum atomic E-state index is 9.86. The zero-order chi connectivity index (χ0) is 33.1. The van der Waals surface area contributed by atoms with Gasteiger partial charge in [0, 0.05) is 17.7 Å². The van der Waals surface area contributed by atoms with Crippen molar-refractivity contribution in [2.75, 3.05) is 0 Å². The molecule has 47 heavy (non-hydrogen) atoms. The normalized spacial score (nSPS) is 13.5. The van der Waals surface area contributed by atoms with E-state index in [0.29, 0.717) is 11.3 Å². The first kappa shape index (κ1) is 30.9. The summed E-state index contributed by atoms with van der Waals surface area (Å²) in [6, 6.07) is 35.2. The highest BCUT2D eigenvalue weighted by Gasteiger charge is 2.24. The van der Waals surface area contributed by atoms with Crippen LogP contribution in [0.3, 0.4) is 0 Å². The van der Waals surface area contributed by atoms with Crippen molar-refractivity contribution in [2.24, 2.45) is 0 Å². The van der Waals surface area contributed by atoms with E-state index in [-0.39, 0.29) is 40.6 Å². The predicted octanol–water partition coefficient (Wildman–Crippen LogP) is 8.98. The monoisotopic (exact) mass is 626 g/mol. The van der Waals surface area contributed by atoms with Crippen LogP contribution < -0.4 is 4.74 Å². The number of ether oxygens (including phenoxy) is 1. The molecule has 1 unspecified atom stereocenters. The molecule has 6 aromatic carbocycles. The summed E-state index contributed by atoms with van der Waals surface area (Å²) in [5, 5.41) is 57.7. The van der Waals surface area contributed by atoms with Crippen molar-refractivity contribution in [3.8, 4) is 73.6 Å². The average molecular weight is 627 g/mol. The van der Waals surface area contributed by atoms with Crippen LogP contribution in [0.4, 0.5) is 0 Å². The van der Waals surface area contributed by atoms with Gasteiger partial charge in [-0.2, -0.15) is 0 Å².